The Morgan fingerprint density at radius 1 is 0.394 bits per heavy atom. The van der Waals surface area contributed by atoms with E-state index in [1.165, 1.54) is 54.9 Å². The van der Waals surface area contributed by atoms with Gasteiger partial charge in [0.05, 0.1) is 0 Å². The molecule has 0 aliphatic heterocycles. The molecule has 0 aliphatic rings. The summed E-state index contributed by atoms with van der Waals surface area (Å²) in [5.41, 5.74) is 7.35. The third-order valence-corrected chi connectivity index (χ3v) is 7.13. The van der Waals surface area contributed by atoms with Gasteiger partial charge in [0.2, 0.25) is 0 Å². The molecule has 0 aliphatic carbocycles. The molecule has 0 saturated heterocycles. The van der Waals surface area contributed by atoms with Crippen molar-refractivity contribution in [3.63, 3.8) is 0 Å². The maximum atomic E-state index is 4.04. The summed E-state index contributed by atoms with van der Waals surface area (Å²) in [6.45, 7) is 0. The predicted octanol–water partition coefficient (Wildman–Crippen LogP) is 9.76. The van der Waals surface area contributed by atoms with Crippen molar-refractivity contribution in [2.75, 3.05) is 0 Å². The van der Waals surface area contributed by atoms with Crippen molar-refractivity contribution in [2.45, 2.75) is 0 Å². The third-order valence-electron chi connectivity index (χ3n) is 6.31. The van der Waals surface area contributed by atoms with Gasteiger partial charge in [-0.1, -0.05) is 109 Å². The number of benzene rings is 6. The Hall–Kier alpha value is -3.68. The van der Waals surface area contributed by atoms with Crippen LogP contribution in [0.1, 0.15) is 0 Å². The molecule has 0 N–H and O–H groups in total. The summed E-state index contributed by atoms with van der Waals surface area (Å²) in [5.74, 6) is 0. The number of hydrogen-bond donors (Lipinski definition) is 0. The van der Waals surface area contributed by atoms with Crippen molar-refractivity contribution in [2.24, 2.45) is 0 Å². The monoisotopic (exact) mass is 484 g/mol. The first-order chi connectivity index (χ1) is 16.3. The highest BCUT2D eigenvalue weighted by Gasteiger charge is 2.17. The number of rotatable bonds is 3. The van der Waals surface area contributed by atoms with E-state index in [2.05, 4.69) is 143 Å². The Labute approximate surface area is 202 Å². The number of fused-ring (bicyclic) bond motifs is 2. The van der Waals surface area contributed by atoms with E-state index in [1.807, 2.05) is 0 Å². The van der Waals surface area contributed by atoms with Crippen LogP contribution in [0.4, 0.5) is 0 Å². The zero-order chi connectivity index (χ0) is 22.2. The Morgan fingerprint density at radius 3 is 1.64 bits per heavy atom. The van der Waals surface area contributed by atoms with E-state index >= 15 is 0 Å². The fourth-order valence-electron chi connectivity index (χ4n) is 4.73. The molecule has 0 aromatic heterocycles. The first kappa shape index (κ1) is 20.0. The van der Waals surface area contributed by atoms with Gasteiger partial charge in [0.15, 0.2) is 0 Å². The van der Waals surface area contributed by atoms with Crippen molar-refractivity contribution in [3.05, 3.63) is 132 Å². The number of halogens is 1. The molecule has 0 spiro atoms. The summed E-state index contributed by atoms with van der Waals surface area (Å²) in [7, 11) is 0. The lowest BCUT2D eigenvalue weighted by atomic mass is 9.88. The van der Waals surface area contributed by atoms with E-state index in [9.17, 15) is 0 Å². The zero-order valence-corrected chi connectivity index (χ0v) is 19.6. The number of hydrogen-bond acceptors (Lipinski definition) is 0. The minimum atomic E-state index is 1.13. The fourth-order valence-corrected chi connectivity index (χ4v) is 5.50. The van der Waals surface area contributed by atoms with Gasteiger partial charge in [-0.25, -0.2) is 0 Å². The van der Waals surface area contributed by atoms with Gasteiger partial charge >= 0.3 is 0 Å². The van der Waals surface area contributed by atoms with Gasteiger partial charge in [-0.15, -0.1) is 0 Å². The Morgan fingerprint density at radius 2 is 0.939 bits per heavy atom. The van der Waals surface area contributed by atoms with Gasteiger partial charge in [0, 0.05) is 10.0 Å². The summed E-state index contributed by atoms with van der Waals surface area (Å²) in [6, 6.07) is 45.6. The minimum absolute atomic E-state index is 1.13. The molecule has 1 heteroatoms. The highest BCUT2D eigenvalue weighted by molar-refractivity contribution is 9.10. The van der Waals surface area contributed by atoms with Gasteiger partial charge in [0.1, 0.15) is 0 Å². The molecule has 0 nitrogen and oxygen atoms in total. The Balaban J connectivity index is 1.74. The second-order valence-corrected chi connectivity index (χ2v) is 9.10. The molecule has 6 rings (SSSR count). The van der Waals surface area contributed by atoms with E-state index in [1.54, 1.807) is 0 Å². The van der Waals surface area contributed by atoms with Gasteiger partial charge in [0.25, 0.3) is 0 Å². The Kier molecular flexibility index (Phi) is 5.05. The van der Waals surface area contributed by atoms with E-state index < -0.39 is 0 Å². The summed E-state index contributed by atoms with van der Waals surface area (Å²) in [6.07, 6.45) is 0. The molecule has 0 saturated carbocycles. The van der Waals surface area contributed by atoms with Crippen LogP contribution in [0.2, 0.25) is 0 Å². The van der Waals surface area contributed by atoms with Crippen LogP contribution in [-0.2, 0) is 0 Å². The molecule has 0 radical (unpaired) electrons. The van der Waals surface area contributed by atoms with Gasteiger partial charge in [-0.2, -0.15) is 0 Å². The summed E-state index contributed by atoms with van der Waals surface area (Å²) >= 11 is 4.04. The topological polar surface area (TPSA) is 0 Å². The lowest BCUT2D eigenvalue weighted by Crippen LogP contribution is -1.91. The molecule has 0 fully saturated rings. The molecule has 0 atom stereocenters. The fraction of sp³-hybridized carbons (Fsp3) is 0. The summed E-state index contributed by atoms with van der Waals surface area (Å²) in [5, 5.41) is 4.99. The zero-order valence-electron chi connectivity index (χ0n) is 18.0. The molecule has 6 aromatic rings. The van der Waals surface area contributed by atoms with Crippen molar-refractivity contribution >= 4 is 37.5 Å². The molecule has 0 unspecified atom stereocenters. The molecule has 0 bridgehead atoms. The van der Waals surface area contributed by atoms with E-state index in [0.717, 1.165) is 4.47 Å². The van der Waals surface area contributed by atoms with Crippen molar-refractivity contribution < 1.29 is 0 Å². The highest BCUT2D eigenvalue weighted by Crippen LogP contribution is 2.45. The second kappa shape index (κ2) is 8.35. The summed E-state index contributed by atoms with van der Waals surface area (Å²) < 4.78 is 1.13. The molecule has 6 aromatic carbocycles. The van der Waals surface area contributed by atoms with E-state index in [0.29, 0.717) is 0 Å². The third kappa shape index (κ3) is 3.55. The van der Waals surface area contributed by atoms with Crippen LogP contribution in [0, 0.1) is 0 Å². The van der Waals surface area contributed by atoms with Crippen LogP contribution in [0.15, 0.2) is 132 Å². The van der Waals surface area contributed by atoms with Gasteiger partial charge < -0.3 is 0 Å². The van der Waals surface area contributed by atoms with Crippen LogP contribution in [0.3, 0.4) is 0 Å². The quantitative estimate of drug-likeness (QED) is 0.234. The molecular formula is C32H21Br. The van der Waals surface area contributed by atoms with E-state index in [4.69, 9.17) is 0 Å². The second-order valence-electron chi connectivity index (χ2n) is 8.31. The smallest absolute Gasteiger partial charge is 0.0338 e. The molecule has 33 heavy (non-hydrogen) atoms. The van der Waals surface area contributed by atoms with Crippen molar-refractivity contribution in [1.82, 2.24) is 0 Å². The highest BCUT2D eigenvalue weighted by atomic mass is 79.9. The maximum absolute atomic E-state index is 4.04. The van der Waals surface area contributed by atoms with Crippen molar-refractivity contribution in [1.29, 1.82) is 0 Å². The normalized spacial score (nSPS) is 11.2. The van der Waals surface area contributed by atoms with Crippen LogP contribution in [-0.4, -0.2) is 0 Å². The lowest BCUT2D eigenvalue weighted by molar-refractivity contribution is 1.59. The Bertz CT molecular complexity index is 1600. The average molecular weight is 485 g/mol. The average Bonchev–Trinajstić information content (AvgIpc) is 2.89. The standard InChI is InChI=1S/C32H21Br/c33-32-29(23-13-5-2-6-14-23)20-25-16-8-10-18-28(25)31(32)30-21-26(22-11-3-1-4-12-22)19-24-15-7-9-17-27(24)30/h1-21H. The molecular weight excluding hydrogens is 464 g/mol. The van der Waals surface area contributed by atoms with Crippen LogP contribution < -0.4 is 0 Å². The SMILES string of the molecule is Brc1c(-c2ccccc2)cc2ccccc2c1-c1cc(-c2ccccc2)cc2ccccc12. The summed E-state index contributed by atoms with van der Waals surface area (Å²) in [4.78, 5) is 0. The minimum Gasteiger partial charge on any atom is -0.0622 e. The largest absolute Gasteiger partial charge is 0.0622 e. The van der Waals surface area contributed by atoms with Gasteiger partial charge in [-0.05, 0) is 83.5 Å². The predicted molar refractivity (Wildman–Crippen MR) is 145 cm³/mol. The molecule has 0 amide bonds. The van der Waals surface area contributed by atoms with Crippen LogP contribution >= 0.6 is 15.9 Å². The molecule has 0 heterocycles. The van der Waals surface area contributed by atoms with Crippen molar-refractivity contribution in [3.8, 4) is 33.4 Å². The lowest BCUT2D eigenvalue weighted by Gasteiger charge is -2.18. The van der Waals surface area contributed by atoms with Crippen LogP contribution in [0.5, 0.6) is 0 Å². The first-order valence-corrected chi connectivity index (χ1v) is 11.9. The van der Waals surface area contributed by atoms with Gasteiger partial charge in [-0.3, -0.25) is 0 Å². The molecule has 156 valence electrons. The maximum Gasteiger partial charge on any atom is 0.0338 e. The van der Waals surface area contributed by atoms with E-state index in [-0.39, 0.29) is 0 Å². The first-order valence-electron chi connectivity index (χ1n) is 11.1. The van der Waals surface area contributed by atoms with Crippen LogP contribution in [0.25, 0.3) is 54.9 Å².